The zero-order valence-electron chi connectivity index (χ0n) is 9.86. The molecule has 1 aromatic carbocycles. The van der Waals surface area contributed by atoms with E-state index in [0.717, 1.165) is 26.1 Å². The van der Waals surface area contributed by atoms with Crippen molar-refractivity contribution in [2.75, 3.05) is 25.2 Å². The second-order valence-electron chi connectivity index (χ2n) is 4.33. The van der Waals surface area contributed by atoms with Gasteiger partial charge in [-0.1, -0.05) is 12.1 Å². The van der Waals surface area contributed by atoms with Gasteiger partial charge in [-0.2, -0.15) is 0 Å². The Hall–Kier alpha value is -1.06. The predicted molar refractivity (Wildman–Crippen MR) is 66.6 cm³/mol. The second kappa shape index (κ2) is 5.32. The van der Waals surface area contributed by atoms with E-state index < -0.39 is 0 Å². The molecular weight excluding hydrogens is 200 g/mol. The Morgan fingerprint density at radius 1 is 1.25 bits per heavy atom. The Balaban J connectivity index is 2.04. The third kappa shape index (κ3) is 2.54. The molecule has 1 fully saturated rings. The van der Waals surface area contributed by atoms with Crippen molar-refractivity contribution in [2.45, 2.75) is 25.4 Å². The van der Waals surface area contributed by atoms with Gasteiger partial charge in [0.1, 0.15) is 0 Å². The third-order valence-electron chi connectivity index (χ3n) is 3.32. The maximum Gasteiger partial charge on any atom is 0.0485 e. The van der Waals surface area contributed by atoms with E-state index in [4.69, 9.17) is 10.5 Å². The number of hydrogen-bond acceptors (Lipinski definition) is 3. The molecule has 0 atom stereocenters. The molecule has 3 nitrogen and oxygen atoms in total. The van der Waals surface area contributed by atoms with Crippen molar-refractivity contribution >= 4 is 5.69 Å². The second-order valence-corrected chi connectivity index (χ2v) is 4.33. The first-order chi connectivity index (χ1) is 7.81. The molecule has 0 saturated carbocycles. The van der Waals surface area contributed by atoms with E-state index in [0.29, 0.717) is 12.6 Å². The van der Waals surface area contributed by atoms with Crippen molar-refractivity contribution in [1.82, 2.24) is 0 Å². The van der Waals surface area contributed by atoms with Crippen LogP contribution in [0.25, 0.3) is 0 Å². The van der Waals surface area contributed by atoms with E-state index in [1.54, 1.807) is 0 Å². The average Bonchev–Trinajstić information content (AvgIpc) is 2.39. The van der Waals surface area contributed by atoms with E-state index in [2.05, 4.69) is 36.2 Å². The van der Waals surface area contributed by atoms with Gasteiger partial charge in [-0.3, -0.25) is 0 Å². The van der Waals surface area contributed by atoms with Crippen molar-refractivity contribution in [3.63, 3.8) is 0 Å². The van der Waals surface area contributed by atoms with Crippen LogP contribution >= 0.6 is 0 Å². The molecule has 0 amide bonds. The van der Waals surface area contributed by atoms with Gasteiger partial charge in [0.25, 0.3) is 0 Å². The van der Waals surface area contributed by atoms with Crippen molar-refractivity contribution in [3.8, 4) is 0 Å². The molecule has 1 aliphatic rings. The molecule has 0 unspecified atom stereocenters. The highest BCUT2D eigenvalue weighted by atomic mass is 16.5. The van der Waals surface area contributed by atoms with Gasteiger partial charge in [0.2, 0.25) is 0 Å². The molecular formula is C13H20N2O. The van der Waals surface area contributed by atoms with E-state index in [9.17, 15) is 0 Å². The van der Waals surface area contributed by atoms with Crippen LogP contribution in [0, 0.1) is 0 Å². The first kappa shape index (κ1) is 11.4. The largest absolute Gasteiger partial charge is 0.381 e. The third-order valence-corrected chi connectivity index (χ3v) is 3.32. The summed E-state index contributed by atoms with van der Waals surface area (Å²) in [6.07, 6.45) is 2.24. The molecule has 0 bridgehead atoms. The molecule has 3 heteroatoms. The number of ether oxygens (including phenoxy) is 1. The van der Waals surface area contributed by atoms with Gasteiger partial charge in [0.05, 0.1) is 0 Å². The molecule has 1 heterocycles. The standard InChI is InChI=1S/C13H20N2O/c1-15(13-6-8-16-9-7-13)12-4-2-11(10-14)3-5-12/h2-5,13H,6-10,14H2,1H3. The number of rotatable bonds is 3. The molecule has 1 saturated heterocycles. The van der Waals surface area contributed by atoms with Crippen molar-refractivity contribution in [1.29, 1.82) is 0 Å². The molecule has 2 rings (SSSR count). The quantitative estimate of drug-likeness (QED) is 0.843. The molecule has 88 valence electrons. The minimum Gasteiger partial charge on any atom is -0.381 e. The Kier molecular flexibility index (Phi) is 3.80. The van der Waals surface area contributed by atoms with Crippen LogP contribution < -0.4 is 10.6 Å². The molecule has 0 aromatic heterocycles. The Morgan fingerprint density at radius 3 is 2.44 bits per heavy atom. The van der Waals surface area contributed by atoms with Crippen LogP contribution in [0.3, 0.4) is 0 Å². The van der Waals surface area contributed by atoms with Gasteiger partial charge in [0.15, 0.2) is 0 Å². The van der Waals surface area contributed by atoms with Crippen molar-refractivity contribution in [3.05, 3.63) is 29.8 Å². The monoisotopic (exact) mass is 220 g/mol. The SMILES string of the molecule is CN(c1ccc(CN)cc1)C1CCOCC1. The van der Waals surface area contributed by atoms with Gasteiger partial charge >= 0.3 is 0 Å². The molecule has 0 radical (unpaired) electrons. The lowest BCUT2D eigenvalue weighted by Crippen LogP contribution is -2.36. The van der Waals surface area contributed by atoms with E-state index in [1.807, 2.05) is 0 Å². The summed E-state index contributed by atoms with van der Waals surface area (Å²) < 4.78 is 5.38. The van der Waals surface area contributed by atoms with Crippen LogP contribution in [0.1, 0.15) is 18.4 Å². The van der Waals surface area contributed by atoms with E-state index in [-0.39, 0.29) is 0 Å². The molecule has 0 spiro atoms. The van der Waals surface area contributed by atoms with Crippen molar-refractivity contribution in [2.24, 2.45) is 5.73 Å². The van der Waals surface area contributed by atoms with Gasteiger partial charge in [-0.15, -0.1) is 0 Å². The minimum absolute atomic E-state index is 0.609. The average molecular weight is 220 g/mol. The van der Waals surface area contributed by atoms with Gasteiger partial charge in [0, 0.05) is 38.5 Å². The van der Waals surface area contributed by atoms with Crippen LogP contribution in [-0.4, -0.2) is 26.3 Å². The summed E-state index contributed by atoms with van der Waals surface area (Å²) in [6, 6.07) is 9.11. The molecule has 1 aliphatic heterocycles. The summed E-state index contributed by atoms with van der Waals surface area (Å²) >= 11 is 0. The van der Waals surface area contributed by atoms with E-state index in [1.165, 1.54) is 11.3 Å². The van der Waals surface area contributed by atoms with Gasteiger partial charge < -0.3 is 15.4 Å². The van der Waals surface area contributed by atoms with Crippen LogP contribution in [0.15, 0.2) is 24.3 Å². The number of benzene rings is 1. The Bertz CT molecular complexity index is 317. The maximum atomic E-state index is 5.59. The Labute approximate surface area is 97.2 Å². The fraction of sp³-hybridized carbons (Fsp3) is 0.538. The number of hydrogen-bond donors (Lipinski definition) is 1. The topological polar surface area (TPSA) is 38.5 Å². The first-order valence-corrected chi connectivity index (χ1v) is 5.91. The Morgan fingerprint density at radius 2 is 1.88 bits per heavy atom. The van der Waals surface area contributed by atoms with Crippen LogP contribution in [0.5, 0.6) is 0 Å². The highest BCUT2D eigenvalue weighted by molar-refractivity contribution is 5.47. The summed E-state index contributed by atoms with van der Waals surface area (Å²) in [7, 11) is 2.16. The van der Waals surface area contributed by atoms with Gasteiger partial charge in [-0.05, 0) is 30.5 Å². The normalized spacial score (nSPS) is 17.4. The predicted octanol–water partition coefficient (Wildman–Crippen LogP) is 1.76. The summed E-state index contributed by atoms with van der Waals surface area (Å²) in [6.45, 7) is 2.38. The van der Waals surface area contributed by atoms with Crippen LogP contribution in [0.2, 0.25) is 0 Å². The van der Waals surface area contributed by atoms with E-state index >= 15 is 0 Å². The van der Waals surface area contributed by atoms with Gasteiger partial charge in [-0.25, -0.2) is 0 Å². The number of nitrogens with two attached hydrogens (primary N) is 1. The zero-order chi connectivity index (χ0) is 11.4. The van der Waals surface area contributed by atoms with Crippen molar-refractivity contribution < 1.29 is 4.74 Å². The molecule has 16 heavy (non-hydrogen) atoms. The lowest BCUT2D eigenvalue weighted by atomic mass is 10.1. The minimum atomic E-state index is 0.609. The molecule has 0 aliphatic carbocycles. The summed E-state index contributed by atoms with van der Waals surface area (Å²) in [5.74, 6) is 0. The first-order valence-electron chi connectivity index (χ1n) is 5.91. The highest BCUT2D eigenvalue weighted by Gasteiger charge is 2.18. The van der Waals surface area contributed by atoms with Crippen LogP contribution in [-0.2, 0) is 11.3 Å². The smallest absolute Gasteiger partial charge is 0.0485 e. The summed E-state index contributed by atoms with van der Waals surface area (Å²) in [4.78, 5) is 2.35. The number of anilines is 1. The highest BCUT2D eigenvalue weighted by Crippen LogP contribution is 2.21. The lowest BCUT2D eigenvalue weighted by Gasteiger charge is -2.33. The summed E-state index contributed by atoms with van der Waals surface area (Å²) in [5.41, 5.74) is 8.04. The zero-order valence-corrected chi connectivity index (χ0v) is 9.86. The fourth-order valence-electron chi connectivity index (χ4n) is 2.15. The molecule has 2 N–H and O–H groups in total. The lowest BCUT2D eigenvalue weighted by molar-refractivity contribution is 0.0855. The maximum absolute atomic E-state index is 5.59. The summed E-state index contributed by atoms with van der Waals surface area (Å²) in [5, 5.41) is 0. The fourth-order valence-corrected chi connectivity index (χ4v) is 2.15. The van der Waals surface area contributed by atoms with Crippen LogP contribution in [0.4, 0.5) is 5.69 Å². The number of nitrogens with zero attached hydrogens (tertiary/aromatic N) is 1. The molecule has 1 aromatic rings.